The summed E-state index contributed by atoms with van der Waals surface area (Å²) in [6.07, 6.45) is 2.55. The van der Waals surface area contributed by atoms with Crippen LogP contribution in [0.25, 0.3) is 0 Å². The summed E-state index contributed by atoms with van der Waals surface area (Å²) < 4.78 is 25.9. The summed E-state index contributed by atoms with van der Waals surface area (Å²) in [4.78, 5) is 13.7. The number of sulfonamides is 1. The van der Waals surface area contributed by atoms with Gasteiger partial charge in [0, 0.05) is 31.6 Å². The van der Waals surface area contributed by atoms with Crippen molar-refractivity contribution < 1.29 is 13.3 Å². The predicted octanol–water partition coefficient (Wildman–Crippen LogP) is 1.40. The maximum Gasteiger partial charge on any atom is 0.269 e. The molecule has 1 aromatic carbocycles. The second-order valence-corrected chi connectivity index (χ2v) is 6.10. The van der Waals surface area contributed by atoms with Gasteiger partial charge in [-0.1, -0.05) is 0 Å². The van der Waals surface area contributed by atoms with Gasteiger partial charge in [0.05, 0.1) is 16.3 Å². The lowest BCUT2D eigenvalue weighted by atomic mass is 10.3. The molecule has 0 aliphatic rings. The second kappa shape index (κ2) is 5.37. The number of benzene rings is 1. The van der Waals surface area contributed by atoms with Crippen LogP contribution in [-0.4, -0.2) is 25.4 Å². The van der Waals surface area contributed by atoms with Gasteiger partial charge in [-0.3, -0.25) is 19.4 Å². The van der Waals surface area contributed by atoms with E-state index in [1.54, 1.807) is 0 Å². The van der Waals surface area contributed by atoms with Gasteiger partial charge in [0.15, 0.2) is 0 Å². The molecule has 2 N–H and O–H groups in total. The first-order valence-corrected chi connectivity index (χ1v) is 7.21. The third-order valence-corrected chi connectivity index (χ3v) is 4.71. The third kappa shape index (κ3) is 2.77. The van der Waals surface area contributed by atoms with E-state index in [1.165, 1.54) is 43.6 Å². The van der Waals surface area contributed by atoms with Gasteiger partial charge < -0.3 is 5.73 Å². The Hall–Kier alpha value is -2.68. The molecule has 21 heavy (non-hydrogen) atoms. The van der Waals surface area contributed by atoms with Crippen LogP contribution >= 0.6 is 0 Å². The van der Waals surface area contributed by atoms with Crippen molar-refractivity contribution in [2.45, 2.75) is 4.90 Å². The number of nitro benzene ring substituents is 1. The summed E-state index contributed by atoms with van der Waals surface area (Å²) in [6.45, 7) is 0. The fourth-order valence-electron chi connectivity index (χ4n) is 1.68. The molecule has 0 amide bonds. The Kier molecular flexibility index (Phi) is 3.76. The maximum absolute atomic E-state index is 12.4. The molecule has 0 bridgehead atoms. The Balaban J connectivity index is 2.41. The standard InChI is InChI=1S/C12H12N4O4S/c1-15(9-2-4-10(5-3-9)16(17)18)21(19,20)12-8-14-7-6-11(12)13/h2-8H,1H3,(H2,13,14). The van der Waals surface area contributed by atoms with Crippen LogP contribution in [0, 0.1) is 10.1 Å². The Labute approximate surface area is 121 Å². The molecule has 0 aliphatic carbocycles. The van der Waals surface area contributed by atoms with Crippen molar-refractivity contribution in [1.29, 1.82) is 0 Å². The van der Waals surface area contributed by atoms with E-state index in [1.807, 2.05) is 0 Å². The van der Waals surface area contributed by atoms with E-state index < -0.39 is 14.9 Å². The van der Waals surface area contributed by atoms with Crippen LogP contribution in [0.3, 0.4) is 0 Å². The molecule has 0 saturated carbocycles. The van der Waals surface area contributed by atoms with Crippen molar-refractivity contribution in [2.24, 2.45) is 0 Å². The first-order chi connectivity index (χ1) is 9.84. The molecule has 0 saturated heterocycles. The molecule has 2 aromatic rings. The van der Waals surface area contributed by atoms with Crippen LogP contribution in [0.15, 0.2) is 47.6 Å². The number of aromatic nitrogens is 1. The van der Waals surface area contributed by atoms with Crippen molar-refractivity contribution in [3.8, 4) is 0 Å². The van der Waals surface area contributed by atoms with Crippen LogP contribution in [0.2, 0.25) is 0 Å². The van der Waals surface area contributed by atoms with Gasteiger partial charge in [0.25, 0.3) is 15.7 Å². The lowest BCUT2D eigenvalue weighted by molar-refractivity contribution is -0.384. The average Bonchev–Trinajstić information content (AvgIpc) is 2.46. The molecule has 2 rings (SSSR count). The molecular weight excluding hydrogens is 296 g/mol. The number of non-ortho nitro benzene ring substituents is 1. The zero-order chi connectivity index (χ0) is 15.6. The smallest absolute Gasteiger partial charge is 0.269 e. The fraction of sp³-hybridized carbons (Fsp3) is 0.0833. The number of nitrogens with zero attached hydrogens (tertiary/aromatic N) is 3. The van der Waals surface area contributed by atoms with Crippen molar-refractivity contribution in [2.75, 3.05) is 17.1 Å². The molecule has 0 radical (unpaired) electrons. The van der Waals surface area contributed by atoms with Crippen LogP contribution < -0.4 is 10.0 Å². The van der Waals surface area contributed by atoms with Crippen LogP contribution in [0.5, 0.6) is 0 Å². The van der Waals surface area contributed by atoms with Gasteiger partial charge in [0.1, 0.15) is 4.90 Å². The first-order valence-electron chi connectivity index (χ1n) is 5.77. The molecular formula is C12H12N4O4S. The van der Waals surface area contributed by atoms with Crippen molar-refractivity contribution in [3.05, 3.63) is 52.8 Å². The molecule has 1 heterocycles. The van der Waals surface area contributed by atoms with Gasteiger partial charge >= 0.3 is 0 Å². The van der Waals surface area contributed by atoms with E-state index in [2.05, 4.69) is 4.98 Å². The van der Waals surface area contributed by atoms with Gasteiger partial charge in [-0.15, -0.1) is 0 Å². The Morgan fingerprint density at radius 2 is 1.86 bits per heavy atom. The number of nitrogen functional groups attached to an aromatic ring is 1. The van der Waals surface area contributed by atoms with E-state index in [0.717, 1.165) is 10.5 Å². The SMILES string of the molecule is CN(c1ccc([N+](=O)[O-])cc1)S(=O)(=O)c1cnccc1N. The summed E-state index contributed by atoms with van der Waals surface area (Å²) in [7, 11) is -2.54. The molecule has 0 fully saturated rings. The minimum atomic E-state index is -3.88. The highest BCUT2D eigenvalue weighted by atomic mass is 32.2. The third-order valence-electron chi connectivity index (χ3n) is 2.88. The van der Waals surface area contributed by atoms with E-state index in [-0.39, 0.29) is 22.0 Å². The number of hydrogen-bond acceptors (Lipinski definition) is 6. The quantitative estimate of drug-likeness (QED) is 0.673. The summed E-state index contributed by atoms with van der Waals surface area (Å²) in [5, 5.41) is 10.6. The predicted molar refractivity (Wildman–Crippen MR) is 77.3 cm³/mol. The zero-order valence-electron chi connectivity index (χ0n) is 11.0. The molecule has 0 unspecified atom stereocenters. The van der Waals surface area contributed by atoms with Crippen molar-refractivity contribution >= 4 is 27.1 Å². The highest BCUT2D eigenvalue weighted by Crippen LogP contribution is 2.26. The van der Waals surface area contributed by atoms with Gasteiger partial charge in [-0.2, -0.15) is 0 Å². The largest absolute Gasteiger partial charge is 0.398 e. The molecule has 0 spiro atoms. The number of anilines is 2. The van der Waals surface area contributed by atoms with Crippen molar-refractivity contribution in [1.82, 2.24) is 4.98 Å². The van der Waals surface area contributed by atoms with Gasteiger partial charge in [-0.05, 0) is 18.2 Å². The Bertz CT molecular complexity index is 774. The Morgan fingerprint density at radius 3 is 2.38 bits per heavy atom. The second-order valence-electron chi connectivity index (χ2n) is 4.16. The average molecular weight is 308 g/mol. The molecule has 8 nitrogen and oxygen atoms in total. The molecule has 110 valence electrons. The number of hydrogen-bond donors (Lipinski definition) is 1. The minimum Gasteiger partial charge on any atom is -0.398 e. The van der Waals surface area contributed by atoms with E-state index in [9.17, 15) is 18.5 Å². The Morgan fingerprint density at radius 1 is 1.24 bits per heavy atom. The maximum atomic E-state index is 12.4. The van der Waals surface area contributed by atoms with E-state index >= 15 is 0 Å². The molecule has 0 aliphatic heterocycles. The lowest BCUT2D eigenvalue weighted by Gasteiger charge is -2.19. The number of pyridine rings is 1. The topological polar surface area (TPSA) is 119 Å². The first kappa shape index (κ1) is 14.7. The summed E-state index contributed by atoms with van der Waals surface area (Å²) >= 11 is 0. The number of nitrogens with two attached hydrogens (primary N) is 1. The number of rotatable bonds is 4. The fourth-order valence-corrected chi connectivity index (χ4v) is 2.93. The normalized spacial score (nSPS) is 11.1. The summed E-state index contributed by atoms with van der Waals surface area (Å²) in [6, 6.07) is 6.54. The minimum absolute atomic E-state index is 0.0822. The highest BCUT2D eigenvalue weighted by molar-refractivity contribution is 7.93. The molecule has 1 aromatic heterocycles. The monoisotopic (exact) mass is 308 g/mol. The number of nitro groups is 1. The van der Waals surface area contributed by atoms with Crippen LogP contribution in [0.1, 0.15) is 0 Å². The highest BCUT2D eigenvalue weighted by Gasteiger charge is 2.24. The van der Waals surface area contributed by atoms with Crippen molar-refractivity contribution in [3.63, 3.8) is 0 Å². The zero-order valence-corrected chi connectivity index (χ0v) is 11.8. The van der Waals surface area contributed by atoms with Gasteiger partial charge in [0.2, 0.25) is 0 Å². The van der Waals surface area contributed by atoms with E-state index in [4.69, 9.17) is 5.73 Å². The lowest BCUT2D eigenvalue weighted by Crippen LogP contribution is -2.27. The molecule has 9 heteroatoms. The van der Waals surface area contributed by atoms with Crippen LogP contribution in [0.4, 0.5) is 17.1 Å². The van der Waals surface area contributed by atoms with Gasteiger partial charge in [-0.25, -0.2) is 8.42 Å². The van der Waals surface area contributed by atoms with Crippen LogP contribution in [-0.2, 0) is 10.0 Å². The van der Waals surface area contributed by atoms with E-state index in [0.29, 0.717) is 0 Å². The summed E-state index contributed by atoms with van der Waals surface area (Å²) in [5.41, 5.74) is 5.89. The summed E-state index contributed by atoms with van der Waals surface area (Å²) in [5.74, 6) is 0. The molecule has 0 atom stereocenters.